The third-order valence-corrected chi connectivity index (χ3v) is 4.48. The molecule has 0 saturated heterocycles. The summed E-state index contributed by atoms with van der Waals surface area (Å²) in [5.74, 6) is -1.35. The van der Waals surface area contributed by atoms with Gasteiger partial charge >= 0.3 is 6.43 Å². The maximum Gasteiger partial charge on any atom is 0.315 e. The van der Waals surface area contributed by atoms with E-state index in [0.29, 0.717) is 27.7 Å². The van der Waals surface area contributed by atoms with Crippen LogP contribution >= 0.6 is 23.2 Å². The van der Waals surface area contributed by atoms with E-state index in [-0.39, 0.29) is 5.69 Å². The number of halogens is 4. The number of hydrogen-bond acceptors (Lipinski definition) is 2. The molecule has 25 heavy (non-hydrogen) atoms. The maximum atomic E-state index is 12.4. The van der Waals surface area contributed by atoms with Gasteiger partial charge in [-0.3, -0.25) is 9.48 Å². The zero-order valence-corrected chi connectivity index (χ0v) is 14.6. The van der Waals surface area contributed by atoms with Crippen molar-refractivity contribution in [2.24, 2.45) is 0 Å². The Hall–Kier alpha value is -2.18. The van der Waals surface area contributed by atoms with Crippen LogP contribution in [-0.4, -0.2) is 22.1 Å². The standard InChI is InChI=1S/C17H13Cl2F2N3O/c1-9-11-6-5-10(22-17(25)16(20)21)7-15(11)24(23-9)8-12-13(18)3-2-4-14(12)19/h2-7,16H,8H2,1H3,(H,22,25). The summed E-state index contributed by atoms with van der Waals surface area (Å²) in [5.41, 5.74) is 2.42. The Labute approximate surface area is 152 Å². The van der Waals surface area contributed by atoms with E-state index in [9.17, 15) is 13.6 Å². The molecule has 1 amide bonds. The number of alkyl halides is 2. The summed E-state index contributed by atoms with van der Waals surface area (Å²) < 4.78 is 26.5. The van der Waals surface area contributed by atoms with Crippen molar-refractivity contribution in [1.82, 2.24) is 9.78 Å². The Balaban J connectivity index is 2.02. The Morgan fingerprint density at radius 2 is 1.92 bits per heavy atom. The van der Waals surface area contributed by atoms with Crippen LogP contribution in [0.3, 0.4) is 0 Å². The number of hydrogen-bond donors (Lipinski definition) is 1. The first-order chi connectivity index (χ1) is 11.9. The van der Waals surface area contributed by atoms with E-state index < -0.39 is 12.3 Å². The quantitative estimate of drug-likeness (QED) is 0.695. The summed E-state index contributed by atoms with van der Waals surface area (Å²) >= 11 is 12.4. The molecule has 3 rings (SSSR count). The summed E-state index contributed by atoms with van der Waals surface area (Å²) in [5, 5.41) is 8.50. The topological polar surface area (TPSA) is 46.9 Å². The second-order valence-electron chi connectivity index (χ2n) is 5.47. The highest BCUT2D eigenvalue weighted by molar-refractivity contribution is 6.36. The molecule has 1 aromatic heterocycles. The normalized spacial score (nSPS) is 11.3. The highest BCUT2D eigenvalue weighted by Gasteiger charge is 2.17. The zero-order valence-electron chi connectivity index (χ0n) is 13.1. The monoisotopic (exact) mass is 383 g/mol. The van der Waals surface area contributed by atoms with Crippen molar-refractivity contribution < 1.29 is 13.6 Å². The molecular formula is C17H13Cl2F2N3O. The molecule has 1 N–H and O–H groups in total. The second-order valence-corrected chi connectivity index (χ2v) is 6.28. The zero-order chi connectivity index (χ0) is 18.1. The average molecular weight is 384 g/mol. The minimum atomic E-state index is -3.08. The summed E-state index contributed by atoms with van der Waals surface area (Å²) in [6, 6.07) is 10.1. The fourth-order valence-electron chi connectivity index (χ4n) is 2.57. The predicted molar refractivity (Wildman–Crippen MR) is 94.7 cm³/mol. The number of rotatable bonds is 4. The first-order valence-corrected chi connectivity index (χ1v) is 8.11. The van der Waals surface area contributed by atoms with E-state index in [4.69, 9.17) is 23.2 Å². The molecular weight excluding hydrogens is 371 g/mol. The Kier molecular flexibility index (Phi) is 4.92. The first-order valence-electron chi connectivity index (χ1n) is 7.36. The lowest BCUT2D eigenvalue weighted by atomic mass is 10.2. The lowest BCUT2D eigenvalue weighted by Crippen LogP contribution is -2.20. The van der Waals surface area contributed by atoms with Gasteiger partial charge in [0.15, 0.2) is 0 Å². The Morgan fingerprint density at radius 1 is 1.24 bits per heavy atom. The molecule has 0 radical (unpaired) electrons. The summed E-state index contributed by atoms with van der Waals surface area (Å²) in [4.78, 5) is 11.2. The lowest BCUT2D eigenvalue weighted by Gasteiger charge is -2.09. The molecule has 130 valence electrons. The van der Waals surface area contributed by atoms with Crippen LogP contribution in [0.25, 0.3) is 10.9 Å². The molecule has 0 aliphatic carbocycles. The summed E-state index contributed by atoms with van der Waals surface area (Å²) in [6.07, 6.45) is -3.08. The third-order valence-electron chi connectivity index (χ3n) is 3.77. The average Bonchev–Trinajstić information content (AvgIpc) is 2.86. The predicted octanol–water partition coefficient (Wildman–Crippen LogP) is 4.90. The molecule has 0 aliphatic rings. The van der Waals surface area contributed by atoms with E-state index in [2.05, 4.69) is 10.4 Å². The van der Waals surface area contributed by atoms with Crippen molar-refractivity contribution in [2.75, 3.05) is 5.32 Å². The van der Waals surface area contributed by atoms with Crippen LogP contribution in [0.4, 0.5) is 14.5 Å². The molecule has 0 unspecified atom stereocenters. The summed E-state index contributed by atoms with van der Waals surface area (Å²) in [6.45, 7) is 2.15. The van der Waals surface area contributed by atoms with Crippen molar-refractivity contribution in [3.63, 3.8) is 0 Å². The molecule has 2 aromatic carbocycles. The van der Waals surface area contributed by atoms with Gasteiger partial charge in [-0.2, -0.15) is 13.9 Å². The van der Waals surface area contributed by atoms with Crippen LogP contribution in [0.2, 0.25) is 10.0 Å². The highest BCUT2D eigenvalue weighted by Crippen LogP contribution is 2.28. The molecule has 0 aliphatic heterocycles. The van der Waals surface area contributed by atoms with E-state index >= 15 is 0 Å². The number of carbonyl (C=O) groups excluding carboxylic acids is 1. The van der Waals surface area contributed by atoms with E-state index in [1.807, 2.05) is 6.92 Å². The van der Waals surface area contributed by atoms with E-state index in [0.717, 1.165) is 11.1 Å². The smallest absolute Gasteiger partial charge is 0.315 e. The minimum Gasteiger partial charge on any atom is -0.321 e. The fraction of sp³-hybridized carbons (Fsp3) is 0.176. The summed E-state index contributed by atoms with van der Waals surface area (Å²) in [7, 11) is 0. The van der Waals surface area contributed by atoms with Crippen LogP contribution in [0.15, 0.2) is 36.4 Å². The number of carbonyl (C=O) groups is 1. The van der Waals surface area contributed by atoms with Crippen LogP contribution < -0.4 is 5.32 Å². The van der Waals surface area contributed by atoms with E-state index in [1.165, 1.54) is 0 Å². The number of fused-ring (bicyclic) bond motifs is 1. The first kappa shape index (κ1) is 17.6. The molecule has 0 atom stereocenters. The van der Waals surface area contributed by atoms with Gasteiger partial charge in [-0.05, 0) is 37.3 Å². The molecule has 0 fully saturated rings. The van der Waals surface area contributed by atoms with Gasteiger partial charge in [0, 0.05) is 26.7 Å². The van der Waals surface area contributed by atoms with E-state index in [1.54, 1.807) is 41.1 Å². The number of amides is 1. The molecule has 0 spiro atoms. The number of nitrogens with zero attached hydrogens (tertiary/aromatic N) is 2. The molecule has 0 saturated carbocycles. The van der Waals surface area contributed by atoms with Crippen molar-refractivity contribution in [3.05, 3.63) is 57.7 Å². The molecule has 3 aromatic rings. The number of nitrogens with one attached hydrogen (secondary N) is 1. The number of anilines is 1. The molecule has 1 heterocycles. The molecule has 0 bridgehead atoms. The maximum absolute atomic E-state index is 12.4. The number of aromatic nitrogens is 2. The van der Waals surface area contributed by atoms with Crippen LogP contribution in [0.5, 0.6) is 0 Å². The van der Waals surface area contributed by atoms with Crippen LogP contribution in [-0.2, 0) is 11.3 Å². The van der Waals surface area contributed by atoms with Gasteiger partial charge in [0.2, 0.25) is 0 Å². The lowest BCUT2D eigenvalue weighted by molar-refractivity contribution is -0.126. The second kappa shape index (κ2) is 6.98. The van der Waals surface area contributed by atoms with Gasteiger partial charge in [-0.25, -0.2) is 0 Å². The van der Waals surface area contributed by atoms with Crippen molar-refractivity contribution >= 4 is 45.7 Å². The third kappa shape index (κ3) is 3.60. The van der Waals surface area contributed by atoms with Gasteiger partial charge < -0.3 is 5.32 Å². The minimum absolute atomic E-state index is 0.268. The van der Waals surface area contributed by atoms with Crippen molar-refractivity contribution in [1.29, 1.82) is 0 Å². The number of aryl methyl sites for hydroxylation is 1. The largest absolute Gasteiger partial charge is 0.321 e. The van der Waals surface area contributed by atoms with Gasteiger partial charge in [-0.1, -0.05) is 29.3 Å². The SMILES string of the molecule is Cc1nn(Cc2c(Cl)cccc2Cl)c2cc(NC(=O)C(F)F)ccc12. The van der Waals surface area contributed by atoms with Gasteiger partial charge in [-0.15, -0.1) is 0 Å². The van der Waals surface area contributed by atoms with Crippen molar-refractivity contribution in [3.8, 4) is 0 Å². The molecule has 4 nitrogen and oxygen atoms in total. The number of benzene rings is 2. The highest BCUT2D eigenvalue weighted by atomic mass is 35.5. The van der Waals surface area contributed by atoms with Gasteiger partial charge in [0.05, 0.1) is 17.8 Å². The van der Waals surface area contributed by atoms with Crippen LogP contribution in [0.1, 0.15) is 11.3 Å². The fourth-order valence-corrected chi connectivity index (χ4v) is 3.09. The Morgan fingerprint density at radius 3 is 2.56 bits per heavy atom. The molecule has 8 heteroatoms. The van der Waals surface area contributed by atoms with Crippen molar-refractivity contribution in [2.45, 2.75) is 19.9 Å². The van der Waals surface area contributed by atoms with Gasteiger partial charge in [0.25, 0.3) is 5.91 Å². The van der Waals surface area contributed by atoms with Gasteiger partial charge in [0.1, 0.15) is 0 Å². The van der Waals surface area contributed by atoms with Crippen LogP contribution in [0, 0.1) is 6.92 Å². The Bertz CT molecular complexity index is 936.